The molecule has 1 aliphatic heterocycles. The van der Waals surface area contributed by atoms with Crippen LogP contribution in [0.1, 0.15) is 12.8 Å². The lowest BCUT2D eigenvalue weighted by atomic mass is 10.5. The molecule has 0 aromatic rings. The molecule has 8 nitrogen and oxygen atoms in total. The highest BCUT2D eigenvalue weighted by Crippen LogP contribution is 2.15. The molecule has 13 heteroatoms. The first-order valence-electron chi connectivity index (χ1n) is 8.51. The van der Waals surface area contributed by atoms with Crippen molar-refractivity contribution in [1.29, 1.82) is 0 Å². The molecule has 0 atom stereocenters. The summed E-state index contributed by atoms with van der Waals surface area (Å²) < 4.78 is 45.6. The standard InChI is InChI=1S/C12H32O8Si5/c1-13-25(14-2,15-3)12-8-10-16-9-7-11-24-19-22(5)17-21(4)18-23(6)20-24/h21,24H,7-12H2,1-6H3. The second-order valence-electron chi connectivity index (χ2n) is 5.61. The molecule has 0 aromatic carbocycles. The minimum absolute atomic E-state index is 0.666. The first-order chi connectivity index (χ1) is 11.9. The summed E-state index contributed by atoms with van der Waals surface area (Å²) in [6.45, 7) is 7.42. The normalized spacial score (nSPS) is 24.2. The van der Waals surface area contributed by atoms with Crippen molar-refractivity contribution in [2.45, 2.75) is 44.6 Å². The third-order valence-electron chi connectivity index (χ3n) is 3.69. The predicted octanol–water partition coefficient (Wildman–Crippen LogP) is 1.05. The van der Waals surface area contributed by atoms with Crippen molar-refractivity contribution in [3.8, 4) is 0 Å². The Morgan fingerprint density at radius 3 is 1.88 bits per heavy atom. The predicted molar refractivity (Wildman–Crippen MR) is 104 cm³/mol. The van der Waals surface area contributed by atoms with E-state index in [0.29, 0.717) is 13.2 Å². The van der Waals surface area contributed by atoms with E-state index in [9.17, 15) is 0 Å². The van der Waals surface area contributed by atoms with E-state index in [-0.39, 0.29) is 0 Å². The summed E-state index contributed by atoms with van der Waals surface area (Å²) in [4.78, 5) is 0. The van der Waals surface area contributed by atoms with Crippen LogP contribution in [-0.4, -0.2) is 80.5 Å². The Bertz CT molecular complexity index is 329. The van der Waals surface area contributed by atoms with Crippen molar-refractivity contribution in [3.05, 3.63) is 0 Å². The van der Waals surface area contributed by atoms with Gasteiger partial charge in [0, 0.05) is 40.6 Å². The molecule has 1 heterocycles. The zero-order chi connectivity index (χ0) is 18.7. The van der Waals surface area contributed by atoms with E-state index in [1.54, 1.807) is 21.3 Å². The molecule has 1 fully saturated rings. The van der Waals surface area contributed by atoms with Crippen molar-refractivity contribution in [3.63, 3.8) is 0 Å². The molecule has 1 aliphatic rings. The lowest BCUT2D eigenvalue weighted by Crippen LogP contribution is -2.45. The average molecular weight is 445 g/mol. The second-order valence-corrected chi connectivity index (χ2v) is 17.0. The van der Waals surface area contributed by atoms with Gasteiger partial charge in [0.05, 0.1) is 0 Å². The van der Waals surface area contributed by atoms with Gasteiger partial charge in [-0.25, -0.2) is 0 Å². The smallest absolute Gasteiger partial charge is 0.417 e. The van der Waals surface area contributed by atoms with Crippen molar-refractivity contribution in [1.82, 2.24) is 0 Å². The van der Waals surface area contributed by atoms with Crippen LogP contribution in [0.25, 0.3) is 0 Å². The molecule has 0 amide bonds. The number of ether oxygens (including phenoxy) is 1. The van der Waals surface area contributed by atoms with Gasteiger partial charge in [-0.1, -0.05) is 0 Å². The molecule has 0 unspecified atom stereocenters. The fourth-order valence-corrected chi connectivity index (χ4v) is 15.0. The molecule has 0 aliphatic carbocycles. The molecule has 0 aromatic heterocycles. The van der Waals surface area contributed by atoms with E-state index in [1.165, 1.54) is 0 Å². The highest BCUT2D eigenvalue weighted by Gasteiger charge is 2.36. The highest BCUT2D eigenvalue weighted by molar-refractivity contribution is 6.72. The zero-order valence-electron chi connectivity index (χ0n) is 16.2. The summed E-state index contributed by atoms with van der Waals surface area (Å²) in [6.07, 6.45) is 1.78. The van der Waals surface area contributed by atoms with Gasteiger partial charge < -0.3 is 34.5 Å². The molecule has 1 saturated heterocycles. The van der Waals surface area contributed by atoms with Gasteiger partial charge in [0.2, 0.25) is 0 Å². The molecule has 25 heavy (non-hydrogen) atoms. The Morgan fingerprint density at radius 2 is 1.36 bits per heavy atom. The maximum absolute atomic E-state index is 6.03. The molecule has 0 N–H and O–H groups in total. The van der Waals surface area contributed by atoms with Crippen LogP contribution in [0.4, 0.5) is 0 Å². The fourth-order valence-electron chi connectivity index (χ4n) is 2.46. The first-order valence-corrected chi connectivity index (χ1v) is 17.9. The van der Waals surface area contributed by atoms with Crippen LogP contribution in [0.3, 0.4) is 0 Å². The van der Waals surface area contributed by atoms with E-state index in [0.717, 1.165) is 24.9 Å². The molecule has 0 bridgehead atoms. The largest absolute Gasteiger partial charge is 0.500 e. The summed E-state index contributed by atoms with van der Waals surface area (Å²) in [5, 5.41) is 0. The second kappa shape index (κ2) is 13.0. The number of rotatable bonds is 11. The van der Waals surface area contributed by atoms with Crippen LogP contribution >= 0.6 is 0 Å². The van der Waals surface area contributed by atoms with Gasteiger partial charge in [0.25, 0.3) is 9.28 Å². The topological polar surface area (TPSA) is 73.8 Å². The summed E-state index contributed by atoms with van der Waals surface area (Å²) in [5.41, 5.74) is 0. The van der Waals surface area contributed by atoms with Gasteiger partial charge in [-0.15, -0.1) is 0 Å². The monoisotopic (exact) mass is 444 g/mol. The summed E-state index contributed by atoms with van der Waals surface area (Å²) in [5.74, 6) is 0. The van der Waals surface area contributed by atoms with E-state index < -0.39 is 45.9 Å². The molecule has 1 rings (SSSR count). The van der Waals surface area contributed by atoms with Crippen LogP contribution in [0.15, 0.2) is 0 Å². The average Bonchev–Trinajstić information content (AvgIpc) is 2.56. The molecule has 0 spiro atoms. The van der Waals surface area contributed by atoms with Crippen LogP contribution in [-0.2, 0) is 34.5 Å². The lowest BCUT2D eigenvalue weighted by molar-refractivity contribution is 0.107. The zero-order valence-corrected chi connectivity index (χ0v) is 21.5. The van der Waals surface area contributed by atoms with Gasteiger partial charge >= 0.3 is 36.7 Å². The maximum atomic E-state index is 6.03. The third-order valence-corrected chi connectivity index (χ3v) is 17.5. The minimum Gasteiger partial charge on any atom is -0.417 e. The summed E-state index contributed by atoms with van der Waals surface area (Å²) >= 11 is 0. The van der Waals surface area contributed by atoms with Crippen LogP contribution in [0.2, 0.25) is 31.7 Å². The van der Waals surface area contributed by atoms with Crippen molar-refractivity contribution in [2.75, 3.05) is 34.5 Å². The first kappa shape index (κ1) is 23.8. The molecule has 2 radical (unpaired) electrons. The molecular formula is C12H32O8Si5. The molecular weight excluding hydrogens is 413 g/mol. The molecule has 0 saturated carbocycles. The van der Waals surface area contributed by atoms with E-state index in [1.807, 2.05) is 19.6 Å². The van der Waals surface area contributed by atoms with Crippen LogP contribution < -0.4 is 0 Å². The van der Waals surface area contributed by atoms with E-state index in [2.05, 4.69) is 0 Å². The Labute approximate surface area is 159 Å². The lowest BCUT2D eigenvalue weighted by Gasteiger charge is -2.29. The van der Waals surface area contributed by atoms with E-state index in [4.69, 9.17) is 34.5 Å². The van der Waals surface area contributed by atoms with Crippen LogP contribution in [0.5, 0.6) is 0 Å². The quantitative estimate of drug-likeness (QED) is 0.346. The Balaban J connectivity index is 2.16. The number of hydrogen-bond donors (Lipinski definition) is 0. The fraction of sp³-hybridized carbons (Fsp3) is 1.00. The van der Waals surface area contributed by atoms with Gasteiger partial charge in [-0.3, -0.25) is 0 Å². The van der Waals surface area contributed by atoms with Gasteiger partial charge in [0.1, 0.15) is 0 Å². The van der Waals surface area contributed by atoms with Crippen molar-refractivity contribution < 1.29 is 34.5 Å². The third kappa shape index (κ3) is 9.49. The Morgan fingerprint density at radius 1 is 0.840 bits per heavy atom. The van der Waals surface area contributed by atoms with Gasteiger partial charge in [0.15, 0.2) is 0 Å². The maximum Gasteiger partial charge on any atom is 0.500 e. The van der Waals surface area contributed by atoms with Gasteiger partial charge in [-0.2, -0.15) is 0 Å². The van der Waals surface area contributed by atoms with E-state index >= 15 is 0 Å². The Hall–Kier alpha value is 0.764. The van der Waals surface area contributed by atoms with Crippen molar-refractivity contribution >= 4 is 45.9 Å². The SMILES string of the molecule is CO[Si](CCCOCCC[SiH]1O[Si](C)O[SiH](C)O[Si](C)O1)(OC)OC. The summed E-state index contributed by atoms with van der Waals surface area (Å²) in [6, 6.07) is 1.67. The van der Waals surface area contributed by atoms with Gasteiger partial charge in [-0.05, 0) is 38.5 Å². The minimum atomic E-state index is -2.47. The number of hydrogen-bond acceptors (Lipinski definition) is 8. The summed E-state index contributed by atoms with van der Waals surface area (Å²) in [7, 11) is -3.35. The highest BCUT2D eigenvalue weighted by atomic mass is 28.5. The van der Waals surface area contributed by atoms with Crippen LogP contribution in [0, 0.1) is 0 Å². The van der Waals surface area contributed by atoms with Crippen molar-refractivity contribution in [2.24, 2.45) is 0 Å². The molecule has 148 valence electrons. The Kier molecular flexibility index (Phi) is 12.4.